The molecule has 32 heavy (non-hydrogen) atoms. The van der Waals surface area contributed by atoms with E-state index in [0.29, 0.717) is 31.3 Å². The molecule has 2 aliphatic heterocycles. The summed E-state index contributed by atoms with van der Waals surface area (Å²) in [6.45, 7) is 5.25. The highest BCUT2D eigenvalue weighted by atomic mass is 16.5. The molecule has 1 atom stereocenters. The molecular weight excluding hydrogens is 402 g/mol. The van der Waals surface area contributed by atoms with Crippen molar-refractivity contribution in [3.05, 3.63) is 76.3 Å². The number of hydrogen-bond acceptors (Lipinski definition) is 6. The van der Waals surface area contributed by atoms with Crippen molar-refractivity contribution in [2.45, 2.75) is 25.5 Å². The number of pyridine rings is 1. The summed E-state index contributed by atoms with van der Waals surface area (Å²) in [7, 11) is 1.78. The Morgan fingerprint density at radius 1 is 1.06 bits per heavy atom. The average Bonchev–Trinajstić information content (AvgIpc) is 3.35. The van der Waals surface area contributed by atoms with Crippen LogP contribution in [0.15, 0.2) is 59.7 Å². The highest BCUT2D eigenvalue weighted by Gasteiger charge is 2.27. The summed E-state index contributed by atoms with van der Waals surface area (Å²) in [5.74, 6) is 0.676. The maximum atomic E-state index is 12.7. The second kappa shape index (κ2) is 9.22. The van der Waals surface area contributed by atoms with Gasteiger partial charge >= 0.3 is 0 Å². The number of hydrogen-bond donors (Lipinski definition) is 0. The molecule has 0 radical (unpaired) electrons. The van der Waals surface area contributed by atoms with E-state index in [2.05, 4.69) is 39.0 Å². The van der Waals surface area contributed by atoms with E-state index < -0.39 is 0 Å². The first-order valence-electron chi connectivity index (χ1n) is 11.3. The first-order chi connectivity index (χ1) is 15.7. The standard InChI is InChI=1S/C25H29N5O2/c1-28-24(31)16-22(19-8-10-26-11-9-19)27-25(28)30-14-15-32-23(18-30)21-7-3-2-6-20(21)17-29-12-4-5-13-29/h2-3,6-11,16,23H,4-5,12-15,17-18H2,1H3. The van der Waals surface area contributed by atoms with Gasteiger partial charge in [-0.1, -0.05) is 24.3 Å². The van der Waals surface area contributed by atoms with E-state index in [0.717, 1.165) is 12.1 Å². The molecule has 0 amide bonds. The third kappa shape index (κ3) is 4.31. The molecule has 3 aromatic rings. The highest BCUT2D eigenvalue weighted by Crippen LogP contribution is 2.29. The second-order valence-corrected chi connectivity index (χ2v) is 8.56. The fraction of sp³-hybridized carbons (Fsp3) is 0.400. The summed E-state index contributed by atoms with van der Waals surface area (Å²) in [6.07, 6.45) is 5.95. The van der Waals surface area contributed by atoms with Crippen molar-refractivity contribution < 1.29 is 4.74 Å². The molecule has 2 saturated heterocycles. The van der Waals surface area contributed by atoms with Crippen LogP contribution in [0.1, 0.15) is 30.1 Å². The van der Waals surface area contributed by atoms with E-state index in [4.69, 9.17) is 9.72 Å². The van der Waals surface area contributed by atoms with Crippen LogP contribution in [0, 0.1) is 0 Å². The van der Waals surface area contributed by atoms with Gasteiger partial charge in [0.1, 0.15) is 6.10 Å². The van der Waals surface area contributed by atoms with Gasteiger partial charge in [0.15, 0.2) is 0 Å². The molecule has 0 bridgehead atoms. The van der Waals surface area contributed by atoms with Gasteiger partial charge in [-0.25, -0.2) is 4.98 Å². The highest BCUT2D eigenvalue weighted by molar-refractivity contribution is 5.59. The molecule has 1 unspecified atom stereocenters. The van der Waals surface area contributed by atoms with Crippen molar-refractivity contribution in [3.63, 3.8) is 0 Å². The molecule has 2 aromatic heterocycles. The fourth-order valence-electron chi connectivity index (χ4n) is 4.67. The largest absolute Gasteiger partial charge is 0.370 e. The fourth-order valence-corrected chi connectivity index (χ4v) is 4.67. The molecule has 0 spiro atoms. The van der Waals surface area contributed by atoms with Crippen LogP contribution in [0.25, 0.3) is 11.3 Å². The molecule has 7 heteroatoms. The number of benzene rings is 1. The van der Waals surface area contributed by atoms with Crippen LogP contribution in [0.4, 0.5) is 5.95 Å². The minimum atomic E-state index is -0.0701. The molecule has 5 rings (SSSR count). The third-order valence-corrected chi connectivity index (χ3v) is 6.43. The average molecular weight is 432 g/mol. The first-order valence-corrected chi connectivity index (χ1v) is 11.3. The molecule has 166 valence electrons. The van der Waals surface area contributed by atoms with Gasteiger partial charge in [0.2, 0.25) is 5.95 Å². The zero-order valence-corrected chi connectivity index (χ0v) is 18.5. The molecular formula is C25H29N5O2. The Kier molecular flexibility index (Phi) is 6.01. The zero-order chi connectivity index (χ0) is 21.9. The molecule has 2 fully saturated rings. The van der Waals surface area contributed by atoms with Gasteiger partial charge in [-0.05, 0) is 49.2 Å². The van der Waals surface area contributed by atoms with Crippen LogP contribution in [-0.4, -0.2) is 52.2 Å². The SMILES string of the molecule is Cn1c(N2CCOC(c3ccccc3CN3CCCC3)C2)nc(-c2ccncc2)cc1=O. The number of morpholine rings is 1. The monoisotopic (exact) mass is 431 g/mol. The number of anilines is 1. The van der Waals surface area contributed by atoms with E-state index in [1.165, 1.54) is 37.1 Å². The molecule has 4 heterocycles. The van der Waals surface area contributed by atoms with Crippen molar-refractivity contribution in [1.82, 2.24) is 19.4 Å². The van der Waals surface area contributed by atoms with Gasteiger partial charge in [-0.15, -0.1) is 0 Å². The maximum absolute atomic E-state index is 12.7. The summed E-state index contributed by atoms with van der Waals surface area (Å²) < 4.78 is 7.85. The van der Waals surface area contributed by atoms with Crippen LogP contribution in [-0.2, 0) is 18.3 Å². The Labute approximate surface area is 188 Å². The lowest BCUT2D eigenvalue weighted by atomic mass is 10.0. The van der Waals surface area contributed by atoms with E-state index in [9.17, 15) is 4.79 Å². The second-order valence-electron chi connectivity index (χ2n) is 8.56. The predicted molar refractivity (Wildman–Crippen MR) is 125 cm³/mol. The number of aromatic nitrogens is 3. The Hall–Kier alpha value is -3.03. The lowest BCUT2D eigenvalue weighted by Crippen LogP contribution is -2.42. The smallest absolute Gasteiger partial charge is 0.255 e. The van der Waals surface area contributed by atoms with E-state index >= 15 is 0 Å². The lowest BCUT2D eigenvalue weighted by molar-refractivity contribution is 0.0380. The lowest BCUT2D eigenvalue weighted by Gasteiger charge is -2.35. The summed E-state index contributed by atoms with van der Waals surface area (Å²) in [5, 5.41) is 0. The van der Waals surface area contributed by atoms with E-state index in [1.807, 2.05) is 12.1 Å². The van der Waals surface area contributed by atoms with Gasteiger partial charge in [0.25, 0.3) is 5.56 Å². The van der Waals surface area contributed by atoms with Crippen LogP contribution in [0.3, 0.4) is 0 Å². The van der Waals surface area contributed by atoms with Crippen molar-refractivity contribution >= 4 is 5.95 Å². The summed E-state index contributed by atoms with van der Waals surface area (Å²) in [5.41, 5.74) is 4.05. The number of rotatable bonds is 5. The molecule has 1 aromatic carbocycles. The molecule has 2 aliphatic rings. The van der Waals surface area contributed by atoms with Gasteiger partial charge < -0.3 is 9.64 Å². The Bertz CT molecular complexity index is 1120. The molecule has 0 aliphatic carbocycles. The first kappa shape index (κ1) is 20.8. The zero-order valence-electron chi connectivity index (χ0n) is 18.5. The summed E-state index contributed by atoms with van der Waals surface area (Å²) in [4.78, 5) is 26.3. The number of likely N-dealkylation sites (tertiary alicyclic amines) is 1. The van der Waals surface area contributed by atoms with Crippen LogP contribution in [0.5, 0.6) is 0 Å². The van der Waals surface area contributed by atoms with Crippen LogP contribution in [0.2, 0.25) is 0 Å². The van der Waals surface area contributed by atoms with Crippen molar-refractivity contribution in [2.75, 3.05) is 37.7 Å². The number of nitrogens with zero attached hydrogens (tertiary/aromatic N) is 5. The number of ether oxygens (including phenoxy) is 1. The topological polar surface area (TPSA) is 63.5 Å². The van der Waals surface area contributed by atoms with Crippen LogP contribution < -0.4 is 10.5 Å². The van der Waals surface area contributed by atoms with Crippen molar-refractivity contribution in [2.24, 2.45) is 7.05 Å². The third-order valence-electron chi connectivity index (χ3n) is 6.43. The maximum Gasteiger partial charge on any atom is 0.255 e. The minimum absolute atomic E-state index is 0.0518. The van der Waals surface area contributed by atoms with Gasteiger partial charge in [-0.3, -0.25) is 19.2 Å². The van der Waals surface area contributed by atoms with Crippen molar-refractivity contribution in [1.29, 1.82) is 0 Å². The summed E-state index contributed by atoms with van der Waals surface area (Å²) >= 11 is 0. The van der Waals surface area contributed by atoms with Crippen molar-refractivity contribution in [3.8, 4) is 11.3 Å². The molecule has 0 N–H and O–H groups in total. The minimum Gasteiger partial charge on any atom is -0.370 e. The molecule has 7 nitrogen and oxygen atoms in total. The molecule has 0 saturated carbocycles. The Morgan fingerprint density at radius 2 is 1.84 bits per heavy atom. The predicted octanol–water partition coefficient (Wildman–Crippen LogP) is 3.02. The van der Waals surface area contributed by atoms with Gasteiger partial charge in [-0.2, -0.15) is 0 Å². The van der Waals surface area contributed by atoms with Crippen LogP contribution >= 0.6 is 0 Å². The summed E-state index contributed by atoms with van der Waals surface area (Å²) in [6, 6.07) is 13.9. The normalized spacial score (nSPS) is 19.4. The Morgan fingerprint density at radius 3 is 2.66 bits per heavy atom. The van der Waals surface area contributed by atoms with Gasteiger partial charge in [0, 0.05) is 44.2 Å². The Balaban J connectivity index is 1.43. The van der Waals surface area contributed by atoms with Gasteiger partial charge in [0.05, 0.1) is 18.8 Å². The van der Waals surface area contributed by atoms with E-state index in [1.54, 1.807) is 30.1 Å². The van der Waals surface area contributed by atoms with E-state index in [-0.39, 0.29) is 11.7 Å². The quantitative estimate of drug-likeness (QED) is 0.619.